The Bertz CT molecular complexity index is 1060. The Morgan fingerprint density at radius 2 is 1.93 bits per heavy atom. The molecule has 0 radical (unpaired) electrons. The van der Waals surface area contributed by atoms with Crippen molar-refractivity contribution in [1.29, 1.82) is 0 Å². The van der Waals surface area contributed by atoms with Gasteiger partial charge in [-0.3, -0.25) is 15.0 Å². The molecule has 7 heteroatoms. The predicted molar refractivity (Wildman–Crippen MR) is 99.0 cm³/mol. The molecule has 0 bridgehead atoms. The van der Waals surface area contributed by atoms with Gasteiger partial charge in [0.05, 0.1) is 17.3 Å². The number of halogens is 2. The normalized spacial score (nSPS) is 11.1. The summed E-state index contributed by atoms with van der Waals surface area (Å²) in [5.74, 6) is -1.07. The molecule has 0 fully saturated rings. The van der Waals surface area contributed by atoms with Gasteiger partial charge in [0.1, 0.15) is 17.5 Å². The fourth-order valence-corrected chi connectivity index (χ4v) is 2.80. The zero-order chi connectivity index (χ0) is 19.6. The van der Waals surface area contributed by atoms with Crippen LogP contribution in [0.25, 0.3) is 10.9 Å². The maximum atomic E-state index is 13.8. The highest BCUT2D eigenvalue weighted by molar-refractivity contribution is 5.86. The van der Waals surface area contributed by atoms with Crippen LogP contribution in [0.3, 0.4) is 0 Å². The average molecular weight is 371 g/mol. The molecule has 0 aliphatic heterocycles. The van der Waals surface area contributed by atoms with Crippen molar-refractivity contribution in [2.75, 3.05) is 5.43 Å². The number of amides is 1. The molecule has 1 aromatic heterocycles. The third kappa shape index (κ3) is 4.19. The molecular weight excluding hydrogens is 352 g/mol. The van der Waals surface area contributed by atoms with Gasteiger partial charge in [-0.1, -0.05) is 32.0 Å². The maximum Gasteiger partial charge on any atom is 0.280 e. The molecule has 5 nitrogen and oxygen atoms in total. The summed E-state index contributed by atoms with van der Waals surface area (Å²) in [4.78, 5) is 29.5. The van der Waals surface area contributed by atoms with Crippen LogP contribution in [0.15, 0.2) is 47.3 Å². The topological polar surface area (TPSA) is 64.0 Å². The van der Waals surface area contributed by atoms with Gasteiger partial charge in [-0.25, -0.2) is 18.4 Å². The first-order chi connectivity index (χ1) is 12.8. The molecule has 0 aliphatic rings. The molecule has 0 aliphatic carbocycles. The largest absolute Gasteiger partial charge is 0.280 e. The smallest absolute Gasteiger partial charge is 0.273 e. The molecule has 2 aromatic carbocycles. The van der Waals surface area contributed by atoms with E-state index in [9.17, 15) is 18.4 Å². The lowest BCUT2D eigenvalue weighted by molar-refractivity contribution is -0.116. The number of carbonyl (C=O) groups excluding carboxylic acids is 1. The van der Waals surface area contributed by atoms with Gasteiger partial charge < -0.3 is 0 Å². The van der Waals surface area contributed by atoms with Gasteiger partial charge in [0.25, 0.3) is 5.56 Å². The van der Waals surface area contributed by atoms with Gasteiger partial charge in [0, 0.05) is 12.5 Å². The number of nitrogens with zero attached hydrogens (tertiary/aromatic N) is 2. The predicted octanol–water partition coefficient (Wildman–Crippen LogP) is 3.19. The lowest BCUT2D eigenvalue weighted by Crippen LogP contribution is -2.37. The monoisotopic (exact) mass is 371 g/mol. The number of hydrogen-bond acceptors (Lipinski definition) is 3. The molecular formula is C20H19F2N3O2. The van der Waals surface area contributed by atoms with Crippen LogP contribution < -0.4 is 11.0 Å². The van der Waals surface area contributed by atoms with Crippen LogP contribution in [0.5, 0.6) is 0 Å². The van der Waals surface area contributed by atoms with Crippen molar-refractivity contribution < 1.29 is 13.6 Å². The quantitative estimate of drug-likeness (QED) is 0.749. The number of aromatic nitrogens is 2. The average Bonchev–Trinajstić information content (AvgIpc) is 2.59. The molecule has 1 N–H and O–H groups in total. The van der Waals surface area contributed by atoms with E-state index in [1.54, 1.807) is 6.07 Å². The Morgan fingerprint density at radius 3 is 2.63 bits per heavy atom. The zero-order valence-corrected chi connectivity index (χ0v) is 15.0. The first kappa shape index (κ1) is 18.7. The third-order valence-electron chi connectivity index (χ3n) is 4.04. The summed E-state index contributed by atoms with van der Waals surface area (Å²) in [5.41, 5.74) is 2.46. The van der Waals surface area contributed by atoms with E-state index in [1.807, 2.05) is 13.8 Å². The molecule has 1 heterocycles. The van der Waals surface area contributed by atoms with Gasteiger partial charge in [-0.15, -0.1) is 0 Å². The lowest BCUT2D eigenvalue weighted by Gasteiger charge is -2.16. The van der Waals surface area contributed by atoms with Gasteiger partial charge in [-0.05, 0) is 29.7 Å². The highest BCUT2D eigenvalue weighted by Crippen LogP contribution is 2.13. The summed E-state index contributed by atoms with van der Waals surface area (Å²) in [7, 11) is 0. The van der Waals surface area contributed by atoms with Crippen molar-refractivity contribution in [3.05, 3.63) is 75.8 Å². The number of hydrogen-bond donors (Lipinski definition) is 1. The van der Waals surface area contributed by atoms with Crippen LogP contribution >= 0.6 is 0 Å². The summed E-state index contributed by atoms with van der Waals surface area (Å²) >= 11 is 0. The van der Waals surface area contributed by atoms with Crippen molar-refractivity contribution >= 4 is 16.8 Å². The molecule has 140 valence electrons. The fourth-order valence-electron chi connectivity index (χ4n) is 2.80. The van der Waals surface area contributed by atoms with E-state index < -0.39 is 23.1 Å². The maximum absolute atomic E-state index is 13.8. The first-order valence-corrected chi connectivity index (χ1v) is 8.59. The summed E-state index contributed by atoms with van der Waals surface area (Å²) < 4.78 is 28.3. The minimum atomic E-state index is -0.546. The molecule has 27 heavy (non-hydrogen) atoms. The fraction of sp³-hybridized carbons (Fsp3) is 0.250. The second kappa shape index (κ2) is 7.65. The molecule has 3 rings (SSSR count). The minimum absolute atomic E-state index is 0.151. The highest BCUT2D eigenvalue weighted by Gasteiger charge is 2.16. The SMILES string of the molecule is CC(C)Cc1nc2cc(F)ccc2c(=O)n1NC(=O)Cc1ccccc1F. The van der Waals surface area contributed by atoms with E-state index in [4.69, 9.17) is 0 Å². The van der Waals surface area contributed by atoms with Crippen molar-refractivity contribution in [3.63, 3.8) is 0 Å². The van der Waals surface area contributed by atoms with Gasteiger partial charge in [0.15, 0.2) is 0 Å². The molecule has 3 aromatic rings. The Hall–Kier alpha value is -3.09. The van der Waals surface area contributed by atoms with Crippen molar-refractivity contribution in [2.24, 2.45) is 5.92 Å². The summed E-state index contributed by atoms with van der Waals surface area (Å²) in [6, 6.07) is 9.63. The van der Waals surface area contributed by atoms with Crippen molar-refractivity contribution in [2.45, 2.75) is 26.7 Å². The van der Waals surface area contributed by atoms with Crippen LogP contribution in [0.1, 0.15) is 25.2 Å². The number of fused-ring (bicyclic) bond motifs is 1. The summed E-state index contributed by atoms with van der Waals surface area (Å²) in [6.07, 6.45) is 0.184. The van der Waals surface area contributed by atoms with Crippen molar-refractivity contribution in [3.8, 4) is 0 Å². The standard InChI is InChI=1S/C20H19F2N3O2/c1-12(2)9-18-23-17-11-14(21)7-8-15(17)20(27)25(18)24-19(26)10-13-5-3-4-6-16(13)22/h3-8,11-12H,9-10H2,1-2H3,(H,24,26). The Kier molecular flexibility index (Phi) is 5.30. The van der Waals surface area contributed by atoms with Crippen LogP contribution in [-0.2, 0) is 17.6 Å². The summed E-state index contributed by atoms with van der Waals surface area (Å²) in [5, 5.41) is 0.190. The molecule has 0 atom stereocenters. The first-order valence-electron chi connectivity index (χ1n) is 8.59. The second-order valence-electron chi connectivity index (χ2n) is 6.73. The third-order valence-corrected chi connectivity index (χ3v) is 4.04. The number of nitrogens with one attached hydrogen (secondary N) is 1. The van der Waals surface area contributed by atoms with E-state index in [0.29, 0.717) is 12.2 Å². The van der Waals surface area contributed by atoms with Gasteiger partial charge in [0.2, 0.25) is 5.91 Å². The van der Waals surface area contributed by atoms with E-state index in [0.717, 1.165) is 4.68 Å². The zero-order valence-electron chi connectivity index (χ0n) is 15.0. The number of rotatable bonds is 5. The minimum Gasteiger partial charge on any atom is -0.273 e. The van der Waals surface area contributed by atoms with Crippen LogP contribution in [0, 0.1) is 17.6 Å². The summed E-state index contributed by atoms with van der Waals surface area (Å²) in [6.45, 7) is 3.88. The molecule has 0 saturated heterocycles. The van der Waals surface area contributed by atoms with Gasteiger partial charge in [-0.2, -0.15) is 0 Å². The Labute approximate surface area is 154 Å². The molecule has 0 saturated carbocycles. The van der Waals surface area contributed by atoms with Crippen LogP contribution in [-0.4, -0.2) is 15.6 Å². The highest BCUT2D eigenvalue weighted by atomic mass is 19.1. The number of benzene rings is 2. The van der Waals surface area contributed by atoms with E-state index >= 15 is 0 Å². The van der Waals surface area contributed by atoms with Crippen LogP contribution in [0.2, 0.25) is 0 Å². The molecule has 0 unspecified atom stereocenters. The van der Waals surface area contributed by atoms with Crippen LogP contribution in [0.4, 0.5) is 8.78 Å². The molecule has 1 amide bonds. The Balaban J connectivity index is 2.00. The van der Waals surface area contributed by atoms with E-state index in [1.165, 1.54) is 36.4 Å². The van der Waals surface area contributed by atoms with Gasteiger partial charge >= 0.3 is 0 Å². The van der Waals surface area contributed by atoms with Crippen molar-refractivity contribution in [1.82, 2.24) is 9.66 Å². The molecule has 0 spiro atoms. The van der Waals surface area contributed by atoms with E-state index in [-0.39, 0.29) is 28.8 Å². The number of carbonyl (C=O) groups is 1. The lowest BCUT2D eigenvalue weighted by atomic mass is 10.1. The van der Waals surface area contributed by atoms with E-state index in [2.05, 4.69) is 10.4 Å². The Morgan fingerprint density at radius 1 is 1.19 bits per heavy atom. The second-order valence-corrected chi connectivity index (χ2v) is 6.73.